The summed E-state index contributed by atoms with van der Waals surface area (Å²) < 4.78 is 5.69. The van der Waals surface area contributed by atoms with Gasteiger partial charge in [-0.1, -0.05) is 6.92 Å². The third-order valence-electron chi connectivity index (χ3n) is 4.82. The average Bonchev–Trinajstić information content (AvgIpc) is 3.29. The third-order valence-corrected chi connectivity index (χ3v) is 5.58. The molecule has 3 heterocycles. The van der Waals surface area contributed by atoms with Crippen LogP contribution in [-0.4, -0.2) is 29.9 Å². The summed E-state index contributed by atoms with van der Waals surface area (Å²) >= 11 is 1.38. The number of aromatic nitrogens is 1. The summed E-state index contributed by atoms with van der Waals surface area (Å²) in [6, 6.07) is 3.62. The van der Waals surface area contributed by atoms with Gasteiger partial charge in [0, 0.05) is 18.7 Å². The molecule has 0 spiro atoms. The van der Waals surface area contributed by atoms with Crippen molar-refractivity contribution >= 4 is 40.7 Å². The van der Waals surface area contributed by atoms with E-state index in [1.165, 1.54) is 31.1 Å². The minimum absolute atomic E-state index is 0. The van der Waals surface area contributed by atoms with Crippen LogP contribution in [0.5, 0.6) is 0 Å². The van der Waals surface area contributed by atoms with Gasteiger partial charge in [0.1, 0.15) is 11.5 Å². The lowest BCUT2D eigenvalue weighted by molar-refractivity contribution is -0.119. The molecule has 0 aliphatic carbocycles. The molecular formula is C19H27ClN4O3S. The van der Waals surface area contributed by atoms with Crippen molar-refractivity contribution in [3.63, 3.8) is 0 Å². The summed E-state index contributed by atoms with van der Waals surface area (Å²) in [5.74, 6) is 2.08. The summed E-state index contributed by atoms with van der Waals surface area (Å²) in [4.78, 5) is 27.7. The van der Waals surface area contributed by atoms with Crippen LogP contribution in [-0.2, 0) is 16.1 Å². The second-order valence-corrected chi connectivity index (χ2v) is 7.91. The first kappa shape index (κ1) is 22.4. The molecular weight excluding hydrogens is 400 g/mol. The Morgan fingerprint density at radius 3 is 2.96 bits per heavy atom. The highest BCUT2D eigenvalue weighted by Gasteiger charge is 2.22. The lowest BCUT2D eigenvalue weighted by Crippen LogP contribution is -2.34. The van der Waals surface area contributed by atoms with E-state index in [0.29, 0.717) is 47.1 Å². The van der Waals surface area contributed by atoms with E-state index in [1.54, 1.807) is 0 Å². The molecule has 9 heteroatoms. The molecule has 1 fully saturated rings. The molecule has 0 bridgehead atoms. The van der Waals surface area contributed by atoms with Gasteiger partial charge in [-0.15, -0.1) is 23.7 Å². The quantitative estimate of drug-likeness (QED) is 0.630. The van der Waals surface area contributed by atoms with Crippen LogP contribution >= 0.6 is 23.7 Å². The van der Waals surface area contributed by atoms with Crippen LogP contribution in [0.2, 0.25) is 0 Å². The van der Waals surface area contributed by atoms with Gasteiger partial charge >= 0.3 is 0 Å². The van der Waals surface area contributed by atoms with Crippen molar-refractivity contribution < 1.29 is 14.0 Å². The van der Waals surface area contributed by atoms with E-state index >= 15 is 0 Å². The first-order valence-electron chi connectivity index (χ1n) is 9.31. The number of hydrogen-bond donors (Lipinski definition) is 3. The second-order valence-electron chi connectivity index (χ2n) is 7.05. The fraction of sp³-hybridized carbons (Fsp3) is 0.526. The predicted molar refractivity (Wildman–Crippen MR) is 113 cm³/mol. The predicted octanol–water partition coefficient (Wildman–Crippen LogP) is 3.43. The SMILES string of the molecule is CC(=O)NCc1ccc(-c2csc(NC(=O)CC(C)C3CCCNC3)n2)o1.Cl. The van der Waals surface area contributed by atoms with E-state index in [0.717, 1.165) is 13.1 Å². The summed E-state index contributed by atoms with van der Waals surface area (Å²) in [6.45, 7) is 6.03. The summed E-state index contributed by atoms with van der Waals surface area (Å²) in [5, 5.41) is 11.4. The van der Waals surface area contributed by atoms with E-state index in [9.17, 15) is 9.59 Å². The first-order valence-corrected chi connectivity index (χ1v) is 10.2. The molecule has 1 saturated heterocycles. The van der Waals surface area contributed by atoms with Gasteiger partial charge in [0.2, 0.25) is 11.8 Å². The summed E-state index contributed by atoms with van der Waals surface area (Å²) in [7, 11) is 0. The van der Waals surface area contributed by atoms with Crippen molar-refractivity contribution in [2.45, 2.75) is 39.7 Å². The van der Waals surface area contributed by atoms with E-state index < -0.39 is 0 Å². The van der Waals surface area contributed by atoms with Gasteiger partial charge in [-0.3, -0.25) is 9.59 Å². The van der Waals surface area contributed by atoms with Gasteiger partial charge in [0.15, 0.2) is 10.9 Å². The van der Waals surface area contributed by atoms with E-state index in [1.807, 2.05) is 17.5 Å². The van der Waals surface area contributed by atoms with Crippen LogP contribution in [0.25, 0.3) is 11.5 Å². The molecule has 3 N–H and O–H groups in total. The Morgan fingerprint density at radius 2 is 2.25 bits per heavy atom. The maximum absolute atomic E-state index is 12.3. The number of thiazole rings is 1. The molecule has 3 rings (SSSR count). The van der Waals surface area contributed by atoms with Gasteiger partial charge in [-0.2, -0.15) is 0 Å². The van der Waals surface area contributed by atoms with E-state index in [4.69, 9.17) is 4.42 Å². The number of anilines is 1. The van der Waals surface area contributed by atoms with Crippen LogP contribution in [0, 0.1) is 11.8 Å². The lowest BCUT2D eigenvalue weighted by atomic mass is 9.85. The van der Waals surface area contributed by atoms with Gasteiger partial charge < -0.3 is 20.4 Å². The Kier molecular flexibility index (Phi) is 8.47. The van der Waals surface area contributed by atoms with Crippen LogP contribution in [0.4, 0.5) is 5.13 Å². The minimum Gasteiger partial charge on any atom is -0.458 e. The van der Waals surface area contributed by atoms with Crippen molar-refractivity contribution in [3.8, 4) is 11.5 Å². The van der Waals surface area contributed by atoms with Crippen molar-refractivity contribution in [2.75, 3.05) is 18.4 Å². The van der Waals surface area contributed by atoms with Crippen molar-refractivity contribution in [1.82, 2.24) is 15.6 Å². The van der Waals surface area contributed by atoms with Gasteiger partial charge in [0.25, 0.3) is 0 Å². The number of carbonyl (C=O) groups is 2. The van der Waals surface area contributed by atoms with Crippen LogP contribution in [0.1, 0.15) is 38.9 Å². The zero-order valence-corrected chi connectivity index (χ0v) is 17.8. The largest absolute Gasteiger partial charge is 0.458 e. The zero-order chi connectivity index (χ0) is 19.2. The monoisotopic (exact) mass is 426 g/mol. The van der Waals surface area contributed by atoms with Crippen LogP contribution in [0.15, 0.2) is 21.9 Å². The molecule has 2 aromatic heterocycles. The number of nitrogens with one attached hydrogen (secondary N) is 3. The average molecular weight is 427 g/mol. The number of hydrogen-bond acceptors (Lipinski definition) is 6. The molecule has 2 unspecified atom stereocenters. The minimum atomic E-state index is -0.107. The van der Waals surface area contributed by atoms with Crippen LogP contribution in [0.3, 0.4) is 0 Å². The molecule has 2 atom stereocenters. The molecule has 0 saturated carbocycles. The first-order chi connectivity index (χ1) is 13.0. The molecule has 154 valence electrons. The number of amides is 2. The van der Waals surface area contributed by atoms with E-state index in [-0.39, 0.29) is 24.2 Å². The van der Waals surface area contributed by atoms with Crippen molar-refractivity contribution in [1.29, 1.82) is 0 Å². The molecule has 1 aliphatic rings. The molecule has 0 radical (unpaired) electrons. The Hall–Kier alpha value is -1.90. The fourth-order valence-electron chi connectivity index (χ4n) is 3.26. The van der Waals surface area contributed by atoms with Crippen molar-refractivity contribution in [2.24, 2.45) is 11.8 Å². The smallest absolute Gasteiger partial charge is 0.226 e. The van der Waals surface area contributed by atoms with Gasteiger partial charge in [-0.05, 0) is 49.9 Å². The Labute approximate surface area is 175 Å². The number of nitrogens with zero attached hydrogens (tertiary/aromatic N) is 1. The molecule has 1 aliphatic heterocycles. The lowest BCUT2D eigenvalue weighted by Gasteiger charge is -2.27. The molecule has 2 amide bonds. The maximum Gasteiger partial charge on any atom is 0.226 e. The normalized spacial score (nSPS) is 17.4. The standard InChI is InChI=1S/C19H26N4O3S.ClH/c1-12(14-4-3-7-20-9-14)8-18(25)23-19-22-16(11-27-19)17-6-5-15(26-17)10-21-13(2)24;/h5-6,11-12,14,20H,3-4,7-10H2,1-2H3,(H,21,24)(H,22,23,25);1H. The number of halogens is 1. The van der Waals surface area contributed by atoms with Crippen LogP contribution < -0.4 is 16.0 Å². The zero-order valence-electron chi connectivity index (χ0n) is 16.1. The third kappa shape index (κ3) is 6.32. The van der Waals surface area contributed by atoms with E-state index in [2.05, 4.69) is 27.9 Å². The summed E-state index contributed by atoms with van der Waals surface area (Å²) in [6.07, 6.45) is 2.87. The Bertz CT molecular complexity index is 786. The Morgan fingerprint density at radius 1 is 1.43 bits per heavy atom. The number of carbonyl (C=O) groups excluding carboxylic acids is 2. The molecule has 2 aromatic rings. The highest BCUT2D eigenvalue weighted by Crippen LogP contribution is 2.27. The number of rotatable bonds is 7. The number of furan rings is 1. The molecule has 7 nitrogen and oxygen atoms in total. The highest BCUT2D eigenvalue weighted by molar-refractivity contribution is 7.14. The van der Waals surface area contributed by atoms with Crippen molar-refractivity contribution in [3.05, 3.63) is 23.3 Å². The maximum atomic E-state index is 12.3. The molecule has 28 heavy (non-hydrogen) atoms. The van der Waals surface area contributed by atoms with Gasteiger partial charge in [0.05, 0.1) is 6.54 Å². The fourth-order valence-corrected chi connectivity index (χ4v) is 3.98. The summed E-state index contributed by atoms with van der Waals surface area (Å²) in [5.41, 5.74) is 0.675. The van der Waals surface area contributed by atoms with Gasteiger partial charge in [-0.25, -0.2) is 4.98 Å². The topological polar surface area (TPSA) is 96.3 Å². The second kappa shape index (κ2) is 10.6. The molecule has 0 aromatic carbocycles. The highest BCUT2D eigenvalue weighted by atomic mass is 35.5. The Balaban J connectivity index is 0.00000280. The number of piperidine rings is 1.